The molecule has 0 aliphatic heterocycles. The molecule has 0 spiro atoms. The van der Waals surface area contributed by atoms with Crippen molar-refractivity contribution >= 4 is 0 Å². The standard InChI is InChI=1S/C4H11N.N3/c1-3-5-4-2;1-3-2/h5H,3-4H2,1-2H3;/q;-1. The smallest absolute Gasteiger partial charge is 0.00775 e. The molecule has 0 amide bonds. The Morgan fingerprint density at radius 1 is 1.25 bits per heavy atom. The van der Waals surface area contributed by atoms with Gasteiger partial charge in [0.1, 0.15) is 0 Å². The molecule has 0 fully saturated rings. The van der Waals surface area contributed by atoms with Crippen molar-refractivity contribution in [2.75, 3.05) is 13.1 Å². The van der Waals surface area contributed by atoms with Gasteiger partial charge in [0.25, 0.3) is 0 Å². The second-order valence-electron chi connectivity index (χ2n) is 1.05. The molecule has 0 aromatic heterocycles. The van der Waals surface area contributed by atoms with Crippen molar-refractivity contribution in [1.29, 1.82) is 0 Å². The molecule has 1 N–H and O–H groups in total. The lowest BCUT2D eigenvalue weighted by atomic mass is 10.7. The van der Waals surface area contributed by atoms with E-state index in [1.807, 2.05) is 0 Å². The number of hydrogen-bond acceptors (Lipinski definition) is 1. The van der Waals surface area contributed by atoms with Gasteiger partial charge in [-0.2, -0.15) is 0 Å². The first-order valence-electron chi connectivity index (χ1n) is 2.52. The monoisotopic (exact) mass is 115 g/mol. The molecular formula is C4H11N4-. The van der Waals surface area contributed by atoms with Crippen LogP contribution in [0, 0.1) is 0 Å². The normalized spacial score (nSPS) is 6.25. The summed E-state index contributed by atoms with van der Waals surface area (Å²) in [5, 5.41) is 3.11. The summed E-state index contributed by atoms with van der Waals surface area (Å²) in [4.78, 5) is 1.50. The van der Waals surface area contributed by atoms with Crippen LogP contribution in [0.15, 0.2) is 0 Å². The Labute approximate surface area is 49.3 Å². The second kappa shape index (κ2) is 16.3. The quantitative estimate of drug-likeness (QED) is 0.330. The van der Waals surface area contributed by atoms with Gasteiger partial charge in [0.05, 0.1) is 0 Å². The third-order valence-corrected chi connectivity index (χ3v) is 0.500. The Morgan fingerprint density at radius 3 is 1.50 bits per heavy atom. The molecule has 0 unspecified atom stereocenters. The van der Waals surface area contributed by atoms with Gasteiger partial charge in [-0.25, -0.2) is 0 Å². The van der Waals surface area contributed by atoms with Gasteiger partial charge in [0.2, 0.25) is 0 Å². The number of nitrogens with zero attached hydrogens (tertiary/aromatic N) is 3. The molecule has 0 radical (unpaired) electrons. The summed E-state index contributed by atoms with van der Waals surface area (Å²) in [7, 11) is 0. The second-order valence-corrected chi connectivity index (χ2v) is 1.05. The van der Waals surface area contributed by atoms with Gasteiger partial charge in [0, 0.05) is 0 Å². The molecule has 0 aromatic rings. The Bertz CT molecular complexity index is 53.1. The Morgan fingerprint density at radius 2 is 1.50 bits per heavy atom. The zero-order valence-electron chi connectivity index (χ0n) is 5.26. The minimum atomic E-state index is 1.09. The predicted molar refractivity (Wildman–Crippen MR) is 34.3 cm³/mol. The van der Waals surface area contributed by atoms with Gasteiger partial charge in [-0.15, -0.1) is 0 Å². The van der Waals surface area contributed by atoms with Crippen LogP contribution in [0.3, 0.4) is 0 Å². The molecule has 48 valence electrons. The summed E-state index contributed by atoms with van der Waals surface area (Å²) in [6.45, 7) is 6.39. The highest BCUT2D eigenvalue weighted by molar-refractivity contribution is 4.36. The van der Waals surface area contributed by atoms with Gasteiger partial charge in [-0.3, -0.25) is 4.91 Å². The van der Waals surface area contributed by atoms with E-state index in [0.29, 0.717) is 0 Å². The third-order valence-electron chi connectivity index (χ3n) is 0.500. The van der Waals surface area contributed by atoms with Crippen molar-refractivity contribution < 1.29 is 0 Å². The van der Waals surface area contributed by atoms with E-state index in [2.05, 4.69) is 19.2 Å². The van der Waals surface area contributed by atoms with Crippen LogP contribution < -0.4 is 5.32 Å². The Balaban J connectivity index is 0. The van der Waals surface area contributed by atoms with Crippen molar-refractivity contribution in [1.82, 2.24) is 5.32 Å². The van der Waals surface area contributed by atoms with E-state index >= 15 is 0 Å². The highest BCUT2D eigenvalue weighted by atomic mass is 15.0. The SMILES string of the molecule is CCNCC.[N-]=[N+]=[N-]. The molecule has 8 heavy (non-hydrogen) atoms. The van der Waals surface area contributed by atoms with Crippen LogP contribution in [0.5, 0.6) is 0 Å². The summed E-state index contributed by atoms with van der Waals surface area (Å²) in [6, 6.07) is 0. The van der Waals surface area contributed by atoms with E-state index in [4.69, 9.17) is 11.1 Å². The molecule has 0 atom stereocenters. The maximum absolute atomic E-state index is 6.75. The highest BCUT2D eigenvalue weighted by Gasteiger charge is 1.62. The first-order valence-corrected chi connectivity index (χ1v) is 2.52. The van der Waals surface area contributed by atoms with E-state index in [1.54, 1.807) is 0 Å². The average Bonchev–Trinajstić information content (AvgIpc) is 1.71. The summed E-state index contributed by atoms with van der Waals surface area (Å²) < 4.78 is 0. The van der Waals surface area contributed by atoms with Crippen LogP contribution in [0.4, 0.5) is 0 Å². The lowest BCUT2D eigenvalue weighted by molar-refractivity contribution is 0.762. The maximum atomic E-state index is 6.75. The summed E-state index contributed by atoms with van der Waals surface area (Å²) in [6.07, 6.45) is 0. The molecule has 0 heterocycles. The number of hydrogen-bond donors (Lipinski definition) is 1. The van der Waals surface area contributed by atoms with E-state index in [9.17, 15) is 0 Å². The molecule has 0 aromatic carbocycles. The highest BCUT2D eigenvalue weighted by Crippen LogP contribution is 1.47. The third kappa shape index (κ3) is 59.6. The van der Waals surface area contributed by atoms with Gasteiger partial charge in [0.15, 0.2) is 0 Å². The predicted octanol–water partition coefficient (Wildman–Crippen LogP) is 1.48. The molecular weight excluding hydrogens is 104 g/mol. The molecule has 0 saturated heterocycles. The summed E-state index contributed by atoms with van der Waals surface area (Å²) >= 11 is 0. The van der Waals surface area contributed by atoms with Crippen LogP contribution in [-0.2, 0) is 0 Å². The van der Waals surface area contributed by atoms with E-state index < -0.39 is 0 Å². The molecule has 0 bridgehead atoms. The zero-order valence-corrected chi connectivity index (χ0v) is 5.26. The fourth-order valence-electron chi connectivity index (χ4n) is 0.250. The molecule has 0 aliphatic carbocycles. The Kier molecular flexibility index (Phi) is 20.9. The van der Waals surface area contributed by atoms with Gasteiger partial charge >= 0.3 is 0 Å². The fraction of sp³-hybridized carbons (Fsp3) is 1.00. The van der Waals surface area contributed by atoms with Crippen molar-refractivity contribution in [3.05, 3.63) is 16.0 Å². The van der Waals surface area contributed by atoms with Crippen LogP contribution in [0.1, 0.15) is 13.8 Å². The first kappa shape index (κ1) is 10.3. The largest absolute Gasteiger partial charge is 0.373 e. The topological polar surface area (TPSA) is 70.7 Å². The minimum absolute atomic E-state index is 1.09. The van der Waals surface area contributed by atoms with Gasteiger partial charge < -0.3 is 16.4 Å². The Hall–Kier alpha value is -0.730. The van der Waals surface area contributed by atoms with Crippen LogP contribution in [0.25, 0.3) is 16.0 Å². The summed E-state index contributed by atoms with van der Waals surface area (Å²) in [5.41, 5.74) is 13.5. The van der Waals surface area contributed by atoms with Gasteiger partial charge in [-0.05, 0) is 13.1 Å². The fourth-order valence-corrected chi connectivity index (χ4v) is 0.250. The minimum Gasteiger partial charge on any atom is -0.373 e. The van der Waals surface area contributed by atoms with E-state index in [-0.39, 0.29) is 0 Å². The molecule has 0 saturated carbocycles. The lowest BCUT2D eigenvalue weighted by Crippen LogP contribution is -2.09. The number of nitrogens with one attached hydrogen (secondary N) is 1. The van der Waals surface area contributed by atoms with Gasteiger partial charge in [-0.1, -0.05) is 13.8 Å². The zero-order chi connectivity index (χ0) is 6.83. The maximum Gasteiger partial charge on any atom is -0.00775 e. The van der Waals surface area contributed by atoms with Crippen molar-refractivity contribution in [3.8, 4) is 0 Å². The molecule has 0 rings (SSSR count). The van der Waals surface area contributed by atoms with E-state index in [0.717, 1.165) is 13.1 Å². The van der Waals surface area contributed by atoms with Crippen LogP contribution in [0.2, 0.25) is 0 Å². The number of rotatable bonds is 2. The summed E-state index contributed by atoms with van der Waals surface area (Å²) in [5.74, 6) is 0. The van der Waals surface area contributed by atoms with Crippen molar-refractivity contribution in [2.45, 2.75) is 13.8 Å². The average molecular weight is 115 g/mol. The molecule has 0 aliphatic rings. The van der Waals surface area contributed by atoms with Crippen LogP contribution >= 0.6 is 0 Å². The lowest BCUT2D eigenvalue weighted by Gasteiger charge is -1.86. The van der Waals surface area contributed by atoms with Crippen molar-refractivity contribution in [3.63, 3.8) is 0 Å². The van der Waals surface area contributed by atoms with Crippen LogP contribution in [-0.4, -0.2) is 13.1 Å². The van der Waals surface area contributed by atoms with E-state index in [1.165, 1.54) is 4.91 Å². The molecule has 4 nitrogen and oxygen atoms in total. The first-order chi connectivity index (χ1) is 3.83. The molecule has 4 heteroatoms. The van der Waals surface area contributed by atoms with Crippen molar-refractivity contribution in [2.24, 2.45) is 0 Å².